The summed E-state index contributed by atoms with van der Waals surface area (Å²) in [5.74, 6) is 0.583. The first kappa shape index (κ1) is 23.3. The third kappa shape index (κ3) is 3.65. The zero-order chi connectivity index (χ0) is 26.1. The van der Waals surface area contributed by atoms with E-state index >= 15 is 0 Å². The van der Waals surface area contributed by atoms with Gasteiger partial charge in [0, 0.05) is 22.7 Å². The largest absolute Gasteiger partial charge is 0.264 e. The Morgan fingerprint density at radius 3 is 2.67 bits per heavy atom. The molecule has 0 fully saturated rings. The van der Waals surface area contributed by atoms with Gasteiger partial charge >= 0.3 is 0 Å². The molecule has 1 unspecified atom stereocenters. The molecule has 0 N–H and O–H groups in total. The molecule has 0 spiro atoms. The molecule has 3 aromatic carbocycles. The average Bonchev–Trinajstić information content (AvgIpc) is 2.96. The van der Waals surface area contributed by atoms with Crippen LogP contribution in [0.4, 0.5) is 0 Å². The fourth-order valence-corrected chi connectivity index (χ4v) is 8.68. The number of allylic oxidation sites excluding steroid dienone is 7. The smallest absolute Gasteiger partial charge is 0.0353 e. The summed E-state index contributed by atoms with van der Waals surface area (Å²) < 4.78 is 0. The van der Waals surface area contributed by atoms with Crippen molar-refractivity contribution in [2.45, 2.75) is 50.8 Å². The zero-order valence-electron chi connectivity index (χ0n) is 22.6. The first-order valence-corrected chi connectivity index (χ1v) is 15.1. The second-order valence-electron chi connectivity index (χ2n) is 11.5. The first-order chi connectivity index (χ1) is 19.2. The molecule has 1 aromatic heterocycles. The number of thioether (sulfide) groups is 1. The molecule has 4 aliphatic rings. The zero-order valence-corrected chi connectivity index (χ0v) is 23.4. The van der Waals surface area contributed by atoms with Gasteiger partial charge in [-0.05, 0) is 122 Å². The molecule has 1 nitrogen and oxygen atoms in total. The molecule has 2 heteroatoms. The third-order valence-electron chi connectivity index (χ3n) is 8.79. The highest BCUT2D eigenvalue weighted by Gasteiger charge is 2.24. The van der Waals surface area contributed by atoms with Crippen molar-refractivity contribution in [2.75, 3.05) is 0 Å². The molecular weight excluding hydrogens is 490 g/mol. The van der Waals surface area contributed by atoms with E-state index in [9.17, 15) is 0 Å². The number of hydrogen-bond donors (Lipinski definition) is 0. The van der Waals surface area contributed by atoms with Crippen molar-refractivity contribution >= 4 is 57.1 Å². The highest BCUT2D eigenvalue weighted by molar-refractivity contribution is 8.03. The molecule has 1 atom stereocenters. The number of hydrogen-bond acceptors (Lipinski definition) is 2. The minimum Gasteiger partial charge on any atom is -0.264 e. The van der Waals surface area contributed by atoms with Gasteiger partial charge in [0.25, 0.3) is 0 Å². The van der Waals surface area contributed by atoms with Gasteiger partial charge in [0.1, 0.15) is 0 Å². The molecule has 1 heterocycles. The molecule has 4 aliphatic carbocycles. The number of pyridine rings is 1. The predicted octanol–water partition coefficient (Wildman–Crippen LogP) is 8.73. The van der Waals surface area contributed by atoms with Crippen LogP contribution in [0, 0.1) is 5.92 Å². The number of benzene rings is 3. The van der Waals surface area contributed by atoms with Crippen LogP contribution in [0.25, 0.3) is 56.5 Å². The summed E-state index contributed by atoms with van der Waals surface area (Å²) in [6.45, 7) is 4.56. The molecular formula is C37H31NS. The fourth-order valence-electron chi connectivity index (χ4n) is 7.24. The van der Waals surface area contributed by atoms with Gasteiger partial charge in [0.05, 0.1) is 0 Å². The predicted molar refractivity (Wildman–Crippen MR) is 169 cm³/mol. The number of aromatic nitrogens is 1. The fraction of sp³-hybridized carbons (Fsp3) is 0.216. The summed E-state index contributed by atoms with van der Waals surface area (Å²) in [6, 6.07) is 11.7. The van der Waals surface area contributed by atoms with Crippen molar-refractivity contribution in [3.63, 3.8) is 0 Å². The van der Waals surface area contributed by atoms with Crippen molar-refractivity contribution in [1.29, 1.82) is 0 Å². The van der Waals surface area contributed by atoms with Gasteiger partial charge in [-0.25, -0.2) is 0 Å². The molecule has 0 bridgehead atoms. The number of rotatable bonds is 3. The quantitative estimate of drug-likeness (QED) is 0.267. The molecule has 0 amide bonds. The van der Waals surface area contributed by atoms with Crippen LogP contribution in [0.1, 0.15) is 56.2 Å². The van der Waals surface area contributed by atoms with Gasteiger partial charge in [0.2, 0.25) is 0 Å². The van der Waals surface area contributed by atoms with Crippen LogP contribution in [-0.2, 0) is 6.42 Å². The van der Waals surface area contributed by atoms with E-state index in [4.69, 9.17) is 0 Å². The molecule has 0 radical (unpaired) electrons. The third-order valence-corrected chi connectivity index (χ3v) is 9.98. The lowest BCUT2D eigenvalue weighted by atomic mass is 9.79. The molecule has 39 heavy (non-hydrogen) atoms. The highest BCUT2D eigenvalue weighted by Crippen LogP contribution is 2.44. The maximum absolute atomic E-state index is 4.68. The van der Waals surface area contributed by atoms with Crippen molar-refractivity contribution in [3.8, 4) is 11.1 Å². The Morgan fingerprint density at radius 1 is 0.872 bits per heavy atom. The van der Waals surface area contributed by atoms with E-state index in [1.165, 1.54) is 80.7 Å². The topological polar surface area (TPSA) is 12.9 Å². The minimum atomic E-state index is 0.583. The van der Waals surface area contributed by atoms with Crippen LogP contribution in [0.2, 0.25) is 0 Å². The van der Waals surface area contributed by atoms with Crippen LogP contribution in [0.15, 0.2) is 82.4 Å². The first-order valence-electron chi connectivity index (χ1n) is 14.3. The summed E-state index contributed by atoms with van der Waals surface area (Å²) in [5, 5.41) is 8.22. The van der Waals surface area contributed by atoms with E-state index in [1.807, 2.05) is 18.0 Å². The number of nitrogens with zero attached hydrogens (tertiary/aromatic N) is 1. The lowest BCUT2D eigenvalue weighted by molar-refractivity contribution is 0.722. The van der Waals surface area contributed by atoms with Crippen LogP contribution in [-0.4, -0.2) is 4.98 Å². The van der Waals surface area contributed by atoms with Gasteiger partial charge < -0.3 is 0 Å². The van der Waals surface area contributed by atoms with Gasteiger partial charge in [-0.1, -0.05) is 85.0 Å². The van der Waals surface area contributed by atoms with E-state index in [-0.39, 0.29) is 0 Å². The SMILES string of the molecule is CC1=CC(C)CC(Sc2c3c(c(-c4ccc5c6c7c(ccc46)C=CCC7=CC5)c4cnccc24)=CCCC=3)=C1. The molecule has 4 aromatic rings. The van der Waals surface area contributed by atoms with Crippen molar-refractivity contribution in [3.05, 3.63) is 105 Å². The summed E-state index contributed by atoms with van der Waals surface area (Å²) in [5.41, 5.74) is 9.82. The van der Waals surface area contributed by atoms with E-state index in [2.05, 4.69) is 97.9 Å². The van der Waals surface area contributed by atoms with Crippen molar-refractivity contribution < 1.29 is 0 Å². The summed E-state index contributed by atoms with van der Waals surface area (Å²) in [6.07, 6.45) is 26.2. The Bertz CT molecular complexity index is 1980. The summed E-state index contributed by atoms with van der Waals surface area (Å²) in [4.78, 5) is 7.53. The second kappa shape index (κ2) is 8.96. The Labute approximate surface area is 234 Å². The van der Waals surface area contributed by atoms with Crippen molar-refractivity contribution in [1.82, 2.24) is 4.98 Å². The Balaban J connectivity index is 1.44. The van der Waals surface area contributed by atoms with Crippen LogP contribution < -0.4 is 10.4 Å². The standard InChI is InChI=1S/C37H31NS/c1-22-18-23(2)20-27(19-22)39-37-31-9-4-3-8-28(31)36(33-21-38-17-16-32(33)37)30-15-13-26-11-10-24-6-5-7-25-12-14-29(30)35(26)34(24)25/h5,7-10,12-19,21,23H,3-4,6,11,20H2,1-2H3. The van der Waals surface area contributed by atoms with E-state index in [0.717, 1.165) is 32.1 Å². The molecule has 0 saturated heterocycles. The van der Waals surface area contributed by atoms with Crippen LogP contribution in [0.5, 0.6) is 0 Å². The molecule has 0 saturated carbocycles. The second-order valence-corrected chi connectivity index (χ2v) is 12.6. The van der Waals surface area contributed by atoms with Gasteiger partial charge in [0.15, 0.2) is 0 Å². The van der Waals surface area contributed by atoms with Crippen molar-refractivity contribution in [2.24, 2.45) is 5.92 Å². The average molecular weight is 522 g/mol. The highest BCUT2D eigenvalue weighted by atomic mass is 32.2. The van der Waals surface area contributed by atoms with Crippen LogP contribution >= 0.6 is 11.8 Å². The lowest BCUT2D eigenvalue weighted by Crippen LogP contribution is -2.31. The Morgan fingerprint density at radius 2 is 1.77 bits per heavy atom. The van der Waals surface area contributed by atoms with Crippen LogP contribution in [0.3, 0.4) is 0 Å². The maximum atomic E-state index is 4.68. The van der Waals surface area contributed by atoms with Gasteiger partial charge in [-0.3, -0.25) is 4.98 Å². The normalized spacial score (nSPS) is 19.1. The minimum absolute atomic E-state index is 0.583. The summed E-state index contributed by atoms with van der Waals surface area (Å²) >= 11 is 1.98. The van der Waals surface area contributed by atoms with Gasteiger partial charge in [-0.15, -0.1) is 0 Å². The monoisotopic (exact) mass is 521 g/mol. The number of fused-ring (bicyclic) bond motifs is 2. The molecule has 0 aliphatic heterocycles. The Hall–Kier alpha value is -3.62. The van der Waals surface area contributed by atoms with Gasteiger partial charge in [-0.2, -0.15) is 0 Å². The maximum Gasteiger partial charge on any atom is 0.0353 e. The Kier molecular flexibility index (Phi) is 5.35. The molecule has 8 rings (SSSR count). The summed E-state index contributed by atoms with van der Waals surface area (Å²) in [7, 11) is 0. The molecule has 190 valence electrons. The van der Waals surface area contributed by atoms with E-state index in [1.54, 1.807) is 0 Å². The van der Waals surface area contributed by atoms with E-state index in [0.29, 0.717) is 5.92 Å². The lowest BCUT2D eigenvalue weighted by Gasteiger charge is -2.25. The van der Waals surface area contributed by atoms with E-state index < -0.39 is 0 Å².